The van der Waals surface area contributed by atoms with Crippen molar-refractivity contribution in [2.75, 3.05) is 5.43 Å². The number of benzene rings is 1. The van der Waals surface area contributed by atoms with E-state index < -0.39 is 0 Å². The molecule has 2 rings (SSSR count). The summed E-state index contributed by atoms with van der Waals surface area (Å²) >= 11 is 0. The second-order valence-corrected chi connectivity index (χ2v) is 5.40. The highest BCUT2D eigenvalue weighted by atomic mass is 16.1. The number of anilines is 1. The maximum Gasteiger partial charge on any atom is 0.251 e. The van der Waals surface area contributed by atoms with Gasteiger partial charge in [0.2, 0.25) is 0 Å². The third-order valence-corrected chi connectivity index (χ3v) is 3.77. The van der Waals surface area contributed by atoms with Crippen molar-refractivity contribution in [3.8, 4) is 0 Å². The molecular formula is C14H21N3O. The lowest BCUT2D eigenvalue weighted by Crippen LogP contribution is -2.43. The molecule has 0 radical (unpaired) electrons. The molecule has 18 heavy (non-hydrogen) atoms. The van der Waals surface area contributed by atoms with Crippen LogP contribution in [0.4, 0.5) is 5.69 Å². The first-order valence-corrected chi connectivity index (χ1v) is 6.44. The number of carbonyl (C=O) groups is 1. The number of hydrazine groups is 1. The maximum atomic E-state index is 12.2. The van der Waals surface area contributed by atoms with Gasteiger partial charge < -0.3 is 10.7 Å². The van der Waals surface area contributed by atoms with Gasteiger partial charge in [0.15, 0.2) is 0 Å². The maximum absolute atomic E-state index is 12.2. The number of nitrogens with two attached hydrogens (primary N) is 1. The first-order chi connectivity index (χ1) is 8.54. The van der Waals surface area contributed by atoms with E-state index in [1.54, 1.807) is 6.07 Å². The van der Waals surface area contributed by atoms with Crippen molar-refractivity contribution in [1.82, 2.24) is 5.32 Å². The minimum Gasteiger partial charge on any atom is -0.347 e. The normalized spacial score (nSPS) is 17.5. The molecule has 0 aliphatic heterocycles. The minimum atomic E-state index is -0.0320. The molecule has 0 aromatic heterocycles. The number of hydrogen-bond acceptors (Lipinski definition) is 3. The highest BCUT2D eigenvalue weighted by Crippen LogP contribution is 2.29. The monoisotopic (exact) mass is 247 g/mol. The number of hydrogen-bond donors (Lipinski definition) is 3. The van der Waals surface area contributed by atoms with E-state index in [-0.39, 0.29) is 11.4 Å². The fourth-order valence-electron chi connectivity index (χ4n) is 2.59. The first-order valence-electron chi connectivity index (χ1n) is 6.44. The predicted molar refractivity (Wildman–Crippen MR) is 73.3 cm³/mol. The molecule has 4 nitrogen and oxygen atoms in total. The van der Waals surface area contributed by atoms with Gasteiger partial charge in [-0.25, -0.2) is 0 Å². The molecule has 1 fully saturated rings. The molecule has 1 amide bonds. The van der Waals surface area contributed by atoms with E-state index in [0.29, 0.717) is 5.56 Å². The van der Waals surface area contributed by atoms with Crippen LogP contribution < -0.4 is 16.6 Å². The lowest BCUT2D eigenvalue weighted by atomic mass is 9.99. The Bertz CT molecular complexity index is 450. The van der Waals surface area contributed by atoms with Gasteiger partial charge in [-0.2, -0.15) is 0 Å². The Balaban J connectivity index is 2.11. The van der Waals surface area contributed by atoms with E-state index in [1.165, 1.54) is 12.8 Å². The minimum absolute atomic E-state index is 0.00562. The molecule has 1 aliphatic rings. The summed E-state index contributed by atoms with van der Waals surface area (Å²) in [5.41, 5.74) is 5.09. The van der Waals surface area contributed by atoms with Crippen LogP contribution in [-0.2, 0) is 0 Å². The molecule has 4 N–H and O–H groups in total. The molecular weight excluding hydrogens is 226 g/mol. The highest BCUT2D eigenvalue weighted by Gasteiger charge is 2.30. The second kappa shape index (κ2) is 4.98. The summed E-state index contributed by atoms with van der Waals surface area (Å²) in [6.45, 7) is 4.06. The van der Waals surface area contributed by atoms with E-state index >= 15 is 0 Å². The van der Waals surface area contributed by atoms with Crippen molar-refractivity contribution < 1.29 is 4.79 Å². The number of nitrogen functional groups attached to an aromatic ring is 1. The average Bonchev–Trinajstić information content (AvgIpc) is 2.75. The number of amides is 1. The van der Waals surface area contributed by atoms with E-state index in [4.69, 9.17) is 5.84 Å². The van der Waals surface area contributed by atoms with Crippen molar-refractivity contribution in [3.05, 3.63) is 29.3 Å². The van der Waals surface area contributed by atoms with Gasteiger partial charge >= 0.3 is 0 Å². The number of nitrogens with one attached hydrogen (secondary N) is 2. The van der Waals surface area contributed by atoms with Gasteiger partial charge in [0.1, 0.15) is 0 Å². The zero-order valence-corrected chi connectivity index (χ0v) is 11.0. The third kappa shape index (κ3) is 2.64. The van der Waals surface area contributed by atoms with Crippen LogP contribution in [0.15, 0.2) is 18.2 Å². The van der Waals surface area contributed by atoms with Crippen LogP contribution >= 0.6 is 0 Å². The van der Waals surface area contributed by atoms with E-state index in [9.17, 15) is 4.79 Å². The van der Waals surface area contributed by atoms with Crippen molar-refractivity contribution in [1.29, 1.82) is 0 Å². The van der Waals surface area contributed by atoms with Crippen LogP contribution in [-0.4, -0.2) is 11.4 Å². The Labute approximate surface area is 108 Å². The fraction of sp³-hybridized carbons (Fsp3) is 0.500. The molecule has 1 aliphatic carbocycles. The summed E-state index contributed by atoms with van der Waals surface area (Å²) in [5.74, 6) is 5.38. The van der Waals surface area contributed by atoms with Gasteiger partial charge in [-0.3, -0.25) is 10.6 Å². The first kappa shape index (κ1) is 12.9. The van der Waals surface area contributed by atoms with Crippen LogP contribution in [0.1, 0.15) is 48.5 Å². The zero-order valence-electron chi connectivity index (χ0n) is 11.0. The predicted octanol–water partition coefficient (Wildman–Crippen LogP) is 2.34. The number of rotatable bonds is 3. The lowest BCUT2D eigenvalue weighted by Gasteiger charge is -2.25. The third-order valence-electron chi connectivity index (χ3n) is 3.77. The molecule has 0 unspecified atom stereocenters. The summed E-state index contributed by atoms with van der Waals surface area (Å²) < 4.78 is 0. The summed E-state index contributed by atoms with van der Waals surface area (Å²) in [4.78, 5) is 12.2. The Morgan fingerprint density at radius 3 is 2.56 bits per heavy atom. The molecule has 1 saturated carbocycles. The van der Waals surface area contributed by atoms with Crippen LogP contribution in [0.2, 0.25) is 0 Å². The van der Waals surface area contributed by atoms with Crippen molar-refractivity contribution in [2.45, 2.75) is 45.1 Å². The van der Waals surface area contributed by atoms with Crippen LogP contribution in [0.3, 0.4) is 0 Å². The van der Waals surface area contributed by atoms with Crippen LogP contribution in [0, 0.1) is 6.92 Å². The van der Waals surface area contributed by atoms with Gasteiger partial charge in [-0.15, -0.1) is 0 Å². The molecule has 0 heterocycles. The molecule has 1 aromatic rings. The van der Waals surface area contributed by atoms with E-state index in [1.807, 2.05) is 19.1 Å². The van der Waals surface area contributed by atoms with Gasteiger partial charge in [0, 0.05) is 11.1 Å². The Hall–Kier alpha value is -1.55. The summed E-state index contributed by atoms with van der Waals surface area (Å²) in [5, 5.41) is 3.15. The average molecular weight is 247 g/mol. The number of carbonyl (C=O) groups excluding carboxylic acids is 1. The van der Waals surface area contributed by atoms with E-state index in [2.05, 4.69) is 17.7 Å². The largest absolute Gasteiger partial charge is 0.347 e. The molecule has 0 saturated heterocycles. The SMILES string of the molecule is Cc1cc(C(=O)NC2(C)CCCC2)ccc1NN. The zero-order chi connectivity index (χ0) is 13.2. The lowest BCUT2D eigenvalue weighted by molar-refractivity contribution is 0.0908. The summed E-state index contributed by atoms with van der Waals surface area (Å²) in [7, 11) is 0. The van der Waals surface area contributed by atoms with E-state index in [0.717, 1.165) is 24.1 Å². The highest BCUT2D eigenvalue weighted by molar-refractivity contribution is 5.95. The number of aryl methyl sites for hydroxylation is 1. The van der Waals surface area contributed by atoms with Gasteiger partial charge in [0.05, 0.1) is 5.69 Å². The van der Waals surface area contributed by atoms with Crippen molar-refractivity contribution in [2.24, 2.45) is 5.84 Å². The van der Waals surface area contributed by atoms with Gasteiger partial charge in [-0.1, -0.05) is 12.8 Å². The molecule has 0 atom stereocenters. The Morgan fingerprint density at radius 2 is 2.00 bits per heavy atom. The quantitative estimate of drug-likeness (QED) is 0.567. The van der Waals surface area contributed by atoms with Crippen LogP contribution in [0.25, 0.3) is 0 Å². The molecule has 98 valence electrons. The second-order valence-electron chi connectivity index (χ2n) is 5.40. The topological polar surface area (TPSA) is 67.2 Å². The van der Waals surface area contributed by atoms with Crippen molar-refractivity contribution in [3.63, 3.8) is 0 Å². The molecule has 4 heteroatoms. The van der Waals surface area contributed by atoms with Gasteiger partial charge in [0.25, 0.3) is 5.91 Å². The smallest absolute Gasteiger partial charge is 0.251 e. The summed E-state index contributed by atoms with van der Waals surface area (Å²) in [6, 6.07) is 5.50. The Kier molecular flexibility index (Phi) is 3.57. The molecule has 0 spiro atoms. The van der Waals surface area contributed by atoms with Gasteiger partial charge in [-0.05, 0) is 50.5 Å². The standard InChI is InChI=1S/C14H21N3O/c1-10-9-11(5-6-12(10)17-15)13(18)16-14(2)7-3-4-8-14/h5-6,9,17H,3-4,7-8,15H2,1-2H3,(H,16,18). The fourth-order valence-corrected chi connectivity index (χ4v) is 2.59. The Morgan fingerprint density at radius 1 is 1.33 bits per heavy atom. The summed E-state index contributed by atoms with van der Waals surface area (Å²) in [6.07, 6.45) is 4.54. The van der Waals surface area contributed by atoms with Crippen LogP contribution in [0.5, 0.6) is 0 Å². The molecule has 1 aromatic carbocycles. The molecule has 0 bridgehead atoms. The van der Waals surface area contributed by atoms with Crippen molar-refractivity contribution >= 4 is 11.6 Å².